The Morgan fingerprint density at radius 2 is 1.82 bits per heavy atom. The Hall–Kier alpha value is -0.530. The van der Waals surface area contributed by atoms with Gasteiger partial charge in [0.2, 0.25) is 0 Å². The van der Waals surface area contributed by atoms with Crippen LogP contribution in [0.25, 0.3) is 0 Å². The van der Waals surface area contributed by atoms with E-state index in [2.05, 4.69) is 36.5 Å². The Morgan fingerprint density at radius 3 is 2.59 bits per heavy atom. The number of nitrogens with one attached hydrogen (secondary N) is 1. The van der Waals surface area contributed by atoms with Crippen LogP contribution in [0.15, 0.2) is 24.3 Å². The fourth-order valence-corrected chi connectivity index (χ4v) is 2.08. The first-order valence-corrected chi connectivity index (χ1v) is 7.24. The largest absolute Gasteiger partial charge is 0.313 e. The van der Waals surface area contributed by atoms with Gasteiger partial charge in [-0.2, -0.15) is 0 Å². The normalized spacial score (nSPS) is 10.7. The molecule has 1 N–H and O–H groups in total. The van der Waals surface area contributed by atoms with Crippen molar-refractivity contribution in [2.45, 2.75) is 51.5 Å². The predicted octanol–water partition coefficient (Wildman–Crippen LogP) is 4.49. The summed E-state index contributed by atoms with van der Waals surface area (Å²) in [6.45, 7) is 4.33. The summed E-state index contributed by atoms with van der Waals surface area (Å²) in [5.74, 6) is 0.602. The maximum absolute atomic E-state index is 5.81. The Bertz CT molecular complexity index is 299. The van der Waals surface area contributed by atoms with Gasteiger partial charge in [-0.3, -0.25) is 0 Å². The predicted molar refractivity (Wildman–Crippen MR) is 76.5 cm³/mol. The molecule has 0 amide bonds. The summed E-state index contributed by atoms with van der Waals surface area (Å²) >= 11 is 5.81. The van der Waals surface area contributed by atoms with Gasteiger partial charge in [0.25, 0.3) is 0 Å². The first kappa shape index (κ1) is 14.5. The van der Waals surface area contributed by atoms with Crippen molar-refractivity contribution in [2.75, 3.05) is 6.54 Å². The molecule has 0 spiro atoms. The molecule has 0 saturated carbocycles. The van der Waals surface area contributed by atoms with Gasteiger partial charge in [-0.05, 0) is 24.1 Å². The molecule has 0 unspecified atom stereocenters. The van der Waals surface area contributed by atoms with Crippen LogP contribution in [0, 0.1) is 0 Å². The lowest BCUT2D eigenvalue weighted by atomic mass is 10.1. The smallest absolute Gasteiger partial charge is 0.0474 e. The zero-order chi connectivity index (χ0) is 12.3. The average Bonchev–Trinajstić information content (AvgIpc) is 2.38. The Morgan fingerprint density at radius 1 is 1.06 bits per heavy atom. The van der Waals surface area contributed by atoms with Crippen LogP contribution in [0.1, 0.15) is 50.2 Å². The second-order valence-electron chi connectivity index (χ2n) is 4.54. The zero-order valence-electron chi connectivity index (χ0n) is 10.8. The summed E-state index contributed by atoms with van der Waals surface area (Å²) in [6.07, 6.45) is 6.70. The van der Waals surface area contributed by atoms with E-state index in [-0.39, 0.29) is 0 Å². The summed E-state index contributed by atoms with van der Waals surface area (Å²) in [6, 6.07) is 8.48. The monoisotopic (exact) mass is 253 g/mol. The van der Waals surface area contributed by atoms with Crippen molar-refractivity contribution in [1.82, 2.24) is 5.32 Å². The number of halogens is 1. The highest BCUT2D eigenvalue weighted by Crippen LogP contribution is 2.07. The second kappa shape index (κ2) is 9.49. The molecule has 96 valence electrons. The summed E-state index contributed by atoms with van der Waals surface area (Å²) in [4.78, 5) is 0. The van der Waals surface area contributed by atoms with E-state index in [4.69, 9.17) is 11.6 Å². The lowest BCUT2D eigenvalue weighted by Gasteiger charge is -2.06. The quantitative estimate of drug-likeness (QED) is 0.505. The molecule has 0 aliphatic carbocycles. The fraction of sp³-hybridized carbons (Fsp3) is 0.600. The van der Waals surface area contributed by atoms with Crippen molar-refractivity contribution in [3.8, 4) is 0 Å². The molecular weight excluding hydrogens is 230 g/mol. The van der Waals surface area contributed by atoms with Crippen LogP contribution in [0.4, 0.5) is 0 Å². The molecular formula is C15H24ClN. The molecule has 1 aromatic rings. The first-order chi connectivity index (χ1) is 8.36. The molecule has 0 bridgehead atoms. The van der Waals surface area contributed by atoms with Crippen molar-refractivity contribution >= 4 is 11.6 Å². The van der Waals surface area contributed by atoms with Gasteiger partial charge in [0.05, 0.1) is 0 Å². The van der Waals surface area contributed by atoms with Crippen LogP contribution >= 0.6 is 11.6 Å². The third kappa shape index (κ3) is 6.70. The van der Waals surface area contributed by atoms with Crippen molar-refractivity contribution in [2.24, 2.45) is 0 Å². The Balaban J connectivity index is 2.09. The molecule has 1 aromatic carbocycles. The molecule has 1 nitrogen and oxygen atoms in total. The molecule has 0 aromatic heterocycles. The lowest BCUT2D eigenvalue weighted by molar-refractivity contribution is 0.583. The first-order valence-electron chi connectivity index (χ1n) is 6.71. The minimum atomic E-state index is 0.602. The Kier molecular flexibility index (Phi) is 8.12. The molecule has 1 rings (SSSR count). The highest BCUT2D eigenvalue weighted by molar-refractivity contribution is 6.17. The summed E-state index contributed by atoms with van der Waals surface area (Å²) < 4.78 is 0. The van der Waals surface area contributed by atoms with Crippen LogP contribution in [-0.2, 0) is 12.4 Å². The van der Waals surface area contributed by atoms with Gasteiger partial charge in [0.1, 0.15) is 0 Å². The summed E-state index contributed by atoms with van der Waals surface area (Å²) in [5.41, 5.74) is 2.53. The fourth-order valence-electron chi connectivity index (χ4n) is 1.91. The van der Waals surface area contributed by atoms with E-state index in [0.29, 0.717) is 5.88 Å². The molecule has 0 aliphatic rings. The van der Waals surface area contributed by atoms with E-state index in [1.807, 2.05) is 0 Å². The summed E-state index contributed by atoms with van der Waals surface area (Å²) in [7, 11) is 0. The van der Waals surface area contributed by atoms with Gasteiger partial charge in [-0.15, -0.1) is 11.6 Å². The number of alkyl halides is 1. The summed E-state index contributed by atoms with van der Waals surface area (Å²) in [5, 5.41) is 3.49. The van der Waals surface area contributed by atoms with Gasteiger partial charge in [0.15, 0.2) is 0 Å². The zero-order valence-corrected chi connectivity index (χ0v) is 11.6. The number of hydrogen-bond acceptors (Lipinski definition) is 1. The Labute approximate surface area is 111 Å². The number of hydrogen-bond donors (Lipinski definition) is 1. The van der Waals surface area contributed by atoms with Gasteiger partial charge < -0.3 is 5.32 Å². The standard InChI is InChI=1S/C15H24ClN/c1-2-3-4-5-6-10-17-13-15-9-7-8-14(11-15)12-16/h7-9,11,17H,2-6,10,12-13H2,1H3. The van der Waals surface area contributed by atoms with E-state index in [1.54, 1.807) is 0 Å². The third-order valence-corrected chi connectivity index (χ3v) is 3.24. The van der Waals surface area contributed by atoms with E-state index in [0.717, 1.165) is 13.1 Å². The minimum absolute atomic E-state index is 0.602. The van der Waals surface area contributed by atoms with Crippen LogP contribution in [-0.4, -0.2) is 6.54 Å². The van der Waals surface area contributed by atoms with Crippen LogP contribution in [0.5, 0.6) is 0 Å². The van der Waals surface area contributed by atoms with Gasteiger partial charge in [0, 0.05) is 12.4 Å². The molecule has 0 saturated heterocycles. The van der Waals surface area contributed by atoms with E-state index in [9.17, 15) is 0 Å². The van der Waals surface area contributed by atoms with Crippen molar-refractivity contribution in [3.05, 3.63) is 35.4 Å². The van der Waals surface area contributed by atoms with Crippen LogP contribution < -0.4 is 5.32 Å². The van der Waals surface area contributed by atoms with Crippen molar-refractivity contribution < 1.29 is 0 Å². The van der Waals surface area contributed by atoms with Crippen LogP contribution in [0.3, 0.4) is 0 Å². The molecule has 17 heavy (non-hydrogen) atoms. The number of benzene rings is 1. The minimum Gasteiger partial charge on any atom is -0.313 e. The van der Waals surface area contributed by atoms with Crippen LogP contribution in [0.2, 0.25) is 0 Å². The topological polar surface area (TPSA) is 12.0 Å². The van der Waals surface area contributed by atoms with Gasteiger partial charge in [-0.25, -0.2) is 0 Å². The molecule has 0 atom stereocenters. The maximum atomic E-state index is 5.81. The highest BCUT2D eigenvalue weighted by Gasteiger charge is 1.95. The highest BCUT2D eigenvalue weighted by atomic mass is 35.5. The lowest BCUT2D eigenvalue weighted by Crippen LogP contribution is -2.14. The van der Waals surface area contributed by atoms with Gasteiger partial charge in [-0.1, -0.05) is 56.9 Å². The number of rotatable bonds is 9. The molecule has 0 fully saturated rings. The van der Waals surface area contributed by atoms with Gasteiger partial charge >= 0.3 is 0 Å². The average molecular weight is 254 g/mol. The van der Waals surface area contributed by atoms with E-state index in [1.165, 1.54) is 43.2 Å². The maximum Gasteiger partial charge on any atom is 0.0474 e. The number of unbranched alkanes of at least 4 members (excludes halogenated alkanes) is 4. The second-order valence-corrected chi connectivity index (χ2v) is 4.81. The molecule has 0 aliphatic heterocycles. The molecule has 2 heteroatoms. The molecule has 0 heterocycles. The SMILES string of the molecule is CCCCCCCNCc1cccc(CCl)c1. The third-order valence-electron chi connectivity index (χ3n) is 2.93. The molecule has 0 radical (unpaired) electrons. The van der Waals surface area contributed by atoms with E-state index >= 15 is 0 Å². The van der Waals surface area contributed by atoms with Crippen molar-refractivity contribution in [1.29, 1.82) is 0 Å². The van der Waals surface area contributed by atoms with Crippen molar-refractivity contribution in [3.63, 3.8) is 0 Å². The van der Waals surface area contributed by atoms with E-state index < -0.39 is 0 Å².